The topological polar surface area (TPSA) is 69.2 Å². The van der Waals surface area contributed by atoms with Crippen LogP contribution in [-0.4, -0.2) is 27.5 Å². The maximum Gasteiger partial charge on any atom is 0.102 e. The second-order valence-electron chi connectivity index (χ2n) is 5.18. The van der Waals surface area contributed by atoms with Crippen LogP contribution in [0.4, 0.5) is 0 Å². The van der Waals surface area contributed by atoms with Gasteiger partial charge in [0.05, 0.1) is 24.3 Å². The first-order chi connectivity index (χ1) is 10.8. The Morgan fingerprint density at radius 2 is 1.82 bits per heavy atom. The lowest BCUT2D eigenvalue weighted by molar-refractivity contribution is 0.0654. The van der Waals surface area contributed by atoms with Crippen LogP contribution in [0.25, 0.3) is 10.9 Å². The largest absolute Gasteiger partial charge is 0.394 e. The molecule has 0 saturated heterocycles. The lowest BCUT2D eigenvalue weighted by Crippen LogP contribution is -2.27. The molecule has 0 aliphatic heterocycles. The van der Waals surface area contributed by atoms with Crippen LogP contribution in [0.2, 0.25) is 0 Å². The molecule has 0 radical (unpaired) electrons. The Hall–Kier alpha value is -2.61. The van der Waals surface area contributed by atoms with Crippen LogP contribution in [0.5, 0.6) is 0 Å². The maximum absolute atomic E-state index is 10.3. The third-order valence-corrected chi connectivity index (χ3v) is 3.88. The molecule has 3 aromatic rings. The van der Waals surface area contributed by atoms with Crippen LogP contribution in [0.3, 0.4) is 0 Å². The average Bonchev–Trinajstić information content (AvgIpc) is 3.00. The first-order valence-corrected chi connectivity index (χ1v) is 7.10. The van der Waals surface area contributed by atoms with Gasteiger partial charge in [-0.1, -0.05) is 36.4 Å². The average molecular weight is 292 g/mol. The second-order valence-corrected chi connectivity index (χ2v) is 5.18. The van der Waals surface area contributed by atoms with E-state index < -0.39 is 12.1 Å². The van der Waals surface area contributed by atoms with Gasteiger partial charge in [-0.2, -0.15) is 5.26 Å². The SMILES string of the molecule is N#Cc1cccc2c1ccn2C(c1ccccc1)C(O)CO. The lowest BCUT2D eigenvalue weighted by atomic mass is 10.0. The fourth-order valence-electron chi connectivity index (χ4n) is 2.85. The second kappa shape index (κ2) is 6.02. The zero-order valence-electron chi connectivity index (χ0n) is 11.9. The van der Waals surface area contributed by atoms with Crippen molar-refractivity contribution in [2.45, 2.75) is 12.1 Å². The Morgan fingerprint density at radius 1 is 1.05 bits per heavy atom. The minimum absolute atomic E-state index is 0.336. The molecule has 0 aliphatic rings. The molecule has 2 atom stereocenters. The molecular formula is C18H16N2O2. The van der Waals surface area contributed by atoms with Crippen molar-refractivity contribution < 1.29 is 10.2 Å². The number of aromatic nitrogens is 1. The van der Waals surface area contributed by atoms with E-state index in [9.17, 15) is 15.5 Å². The Kier molecular flexibility index (Phi) is 3.92. The van der Waals surface area contributed by atoms with Gasteiger partial charge in [0.25, 0.3) is 0 Å². The van der Waals surface area contributed by atoms with Crippen molar-refractivity contribution in [2.75, 3.05) is 6.61 Å². The van der Waals surface area contributed by atoms with Crippen molar-refractivity contribution in [2.24, 2.45) is 0 Å². The van der Waals surface area contributed by atoms with Gasteiger partial charge in [-0.3, -0.25) is 0 Å². The van der Waals surface area contributed by atoms with Crippen LogP contribution in [0.1, 0.15) is 17.2 Å². The minimum Gasteiger partial charge on any atom is -0.394 e. The predicted octanol–water partition coefficient (Wildman–Crippen LogP) is 2.46. The number of hydrogen-bond acceptors (Lipinski definition) is 3. The molecule has 0 saturated carbocycles. The van der Waals surface area contributed by atoms with Gasteiger partial charge in [-0.05, 0) is 23.8 Å². The highest BCUT2D eigenvalue weighted by Gasteiger charge is 2.23. The van der Waals surface area contributed by atoms with Gasteiger partial charge in [-0.25, -0.2) is 0 Å². The van der Waals surface area contributed by atoms with Crippen LogP contribution < -0.4 is 0 Å². The summed E-state index contributed by atoms with van der Waals surface area (Å²) in [6, 6.07) is 18.7. The maximum atomic E-state index is 10.3. The number of aliphatic hydroxyl groups excluding tert-OH is 2. The van der Waals surface area contributed by atoms with Crippen molar-refractivity contribution in [1.82, 2.24) is 4.57 Å². The van der Waals surface area contributed by atoms with Crippen LogP contribution >= 0.6 is 0 Å². The molecule has 0 spiro atoms. The number of hydrogen-bond donors (Lipinski definition) is 2. The molecule has 0 fully saturated rings. The quantitative estimate of drug-likeness (QED) is 0.776. The van der Waals surface area contributed by atoms with E-state index in [2.05, 4.69) is 6.07 Å². The van der Waals surface area contributed by atoms with Gasteiger partial charge in [-0.15, -0.1) is 0 Å². The number of benzene rings is 2. The van der Waals surface area contributed by atoms with Crippen LogP contribution in [0, 0.1) is 11.3 Å². The van der Waals surface area contributed by atoms with Gasteiger partial charge >= 0.3 is 0 Å². The van der Waals surface area contributed by atoms with Gasteiger partial charge in [0.2, 0.25) is 0 Å². The zero-order chi connectivity index (χ0) is 15.5. The number of rotatable bonds is 4. The van der Waals surface area contributed by atoms with Crippen molar-refractivity contribution in [1.29, 1.82) is 5.26 Å². The number of aliphatic hydroxyl groups is 2. The van der Waals surface area contributed by atoms with Crippen LogP contribution in [0.15, 0.2) is 60.8 Å². The van der Waals surface area contributed by atoms with E-state index in [4.69, 9.17) is 0 Å². The molecule has 22 heavy (non-hydrogen) atoms. The standard InChI is InChI=1S/C18H16N2O2/c19-11-14-7-4-8-16-15(14)9-10-20(16)18(17(22)12-21)13-5-2-1-3-6-13/h1-10,17-18,21-22H,12H2. The zero-order valence-corrected chi connectivity index (χ0v) is 11.9. The Bertz CT molecular complexity index is 818. The van der Waals surface area contributed by atoms with Gasteiger partial charge in [0, 0.05) is 17.1 Å². The third-order valence-electron chi connectivity index (χ3n) is 3.88. The van der Waals surface area contributed by atoms with Gasteiger partial charge < -0.3 is 14.8 Å². The summed E-state index contributed by atoms with van der Waals surface area (Å²) >= 11 is 0. The van der Waals surface area contributed by atoms with Gasteiger partial charge in [0.1, 0.15) is 6.10 Å². The normalized spacial score (nSPS) is 13.7. The number of nitrogens with zero attached hydrogens (tertiary/aromatic N) is 2. The summed E-state index contributed by atoms with van der Waals surface area (Å²) < 4.78 is 1.91. The first-order valence-electron chi connectivity index (χ1n) is 7.10. The fraction of sp³-hybridized carbons (Fsp3) is 0.167. The van der Waals surface area contributed by atoms with E-state index in [0.29, 0.717) is 5.56 Å². The monoisotopic (exact) mass is 292 g/mol. The molecule has 2 N–H and O–H groups in total. The molecule has 0 bridgehead atoms. The molecule has 0 aliphatic carbocycles. The highest BCUT2D eigenvalue weighted by Crippen LogP contribution is 2.29. The highest BCUT2D eigenvalue weighted by molar-refractivity contribution is 5.86. The predicted molar refractivity (Wildman–Crippen MR) is 84.3 cm³/mol. The van der Waals surface area contributed by atoms with Crippen molar-refractivity contribution in [3.63, 3.8) is 0 Å². The molecule has 4 nitrogen and oxygen atoms in total. The van der Waals surface area contributed by atoms with Crippen molar-refractivity contribution in [3.8, 4) is 6.07 Å². The van der Waals surface area contributed by atoms with E-state index in [0.717, 1.165) is 16.5 Å². The molecule has 1 aromatic heterocycles. The molecule has 110 valence electrons. The Labute approximate surface area is 128 Å². The molecule has 3 rings (SSSR count). The third kappa shape index (κ3) is 2.37. The first kappa shape index (κ1) is 14.3. The summed E-state index contributed by atoms with van der Waals surface area (Å²) in [7, 11) is 0. The van der Waals surface area contributed by atoms with Crippen molar-refractivity contribution >= 4 is 10.9 Å². The summed E-state index contributed by atoms with van der Waals surface area (Å²) in [5.74, 6) is 0. The molecule has 2 aromatic carbocycles. The Balaban J connectivity index is 2.20. The molecular weight excluding hydrogens is 276 g/mol. The fourth-order valence-corrected chi connectivity index (χ4v) is 2.85. The van der Waals surface area contributed by atoms with E-state index in [1.165, 1.54) is 0 Å². The van der Waals surface area contributed by atoms with Crippen LogP contribution in [-0.2, 0) is 0 Å². The number of nitriles is 1. The molecule has 1 heterocycles. The lowest BCUT2D eigenvalue weighted by Gasteiger charge is -2.25. The Morgan fingerprint density at radius 3 is 2.50 bits per heavy atom. The van der Waals surface area contributed by atoms with Gasteiger partial charge in [0.15, 0.2) is 0 Å². The summed E-state index contributed by atoms with van der Waals surface area (Å²) in [5, 5.41) is 29.8. The summed E-state index contributed by atoms with van der Waals surface area (Å²) in [5.41, 5.74) is 2.37. The van der Waals surface area contributed by atoms with E-state index in [1.807, 2.05) is 59.3 Å². The minimum atomic E-state index is -0.927. The van der Waals surface area contributed by atoms with E-state index >= 15 is 0 Å². The summed E-state index contributed by atoms with van der Waals surface area (Å²) in [6.07, 6.45) is 0.922. The van der Waals surface area contributed by atoms with Crippen molar-refractivity contribution in [3.05, 3.63) is 71.9 Å². The smallest absolute Gasteiger partial charge is 0.102 e. The summed E-state index contributed by atoms with van der Waals surface area (Å²) in [4.78, 5) is 0. The molecule has 0 amide bonds. The highest BCUT2D eigenvalue weighted by atomic mass is 16.3. The van der Waals surface area contributed by atoms with E-state index in [-0.39, 0.29) is 6.61 Å². The summed E-state index contributed by atoms with van der Waals surface area (Å²) in [6.45, 7) is -0.336. The van der Waals surface area contributed by atoms with E-state index in [1.54, 1.807) is 6.07 Å². The molecule has 4 heteroatoms. The molecule has 2 unspecified atom stereocenters. The number of fused-ring (bicyclic) bond motifs is 1.